The maximum atomic E-state index is 10.8. The van der Waals surface area contributed by atoms with Gasteiger partial charge in [-0.2, -0.15) is 9.89 Å². The number of rotatable bonds is 5. The Labute approximate surface area is 168 Å². The molecule has 0 atom stereocenters. The number of fused-ring (bicyclic) bond motifs is 1. The Morgan fingerprint density at radius 2 is 2.00 bits per heavy atom. The van der Waals surface area contributed by atoms with Gasteiger partial charge in [-0.05, 0) is 54.5 Å². The predicted octanol–water partition coefficient (Wildman–Crippen LogP) is 4.83. The summed E-state index contributed by atoms with van der Waals surface area (Å²) in [5.41, 5.74) is 9.49. The topological polar surface area (TPSA) is 78.8 Å². The van der Waals surface area contributed by atoms with Crippen molar-refractivity contribution in [2.45, 2.75) is 32.2 Å². The van der Waals surface area contributed by atoms with E-state index in [4.69, 9.17) is 0 Å². The summed E-state index contributed by atoms with van der Waals surface area (Å²) in [6, 6.07) is 11.9. The van der Waals surface area contributed by atoms with Crippen LogP contribution in [-0.4, -0.2) is 25.0 Å². The van der Waals surface area contributed by atoms with E-state index in [1.54, 1.807) is 17.2 Å². The van der Waals surface area contributed by atoms with Crippen molar-refractivity contribution < 1.29 is 5.11 Å². The number of aromatic hydroxyl groups is 1. The van der Waals surface area contributed by atoms with Crippen molar-refractivity contribution in [3.05, 3.63) is 72.5 Å². The molecule has 2 aromatic heterocycles. The zero-order valence-corrected chi connectivity index (χ0v) is 16.1. The zero-order valence-electron chi connectivity index (χ0n) is 16.1. The van der Waals surface area contributed by atoms with Gasteiger partial charge in [0, 0.05) is 17.1 Å². The molecule has 0 spiro atoms. The number of phenols is 1. The molecule has 2 aromatic carbocycles. The number of hydrogen-bond acceptors (Lipinski definition) is 4. The van der Waals surface area contributed by atoms with E-state index in [0.717, 1.165) is 46.1 Å². The van der Waals surface area contributed by atoms with E-state index in [1.165, 1.54) is 18.4 Å². The minimum Gasteiger partial charge on any atom is -0.507 e. The molecule has 146 valence electrons. The largest absolute Gasteiger partial charge is 0.507 e. The Morgan fingerprint density at radius 3 is 2.83 bits per heavy atom. The maximum absolute atomic E-state index is 10.8. The number of imidazole rings is 1. The molecule has 0 unspecified atom stereocenters. The van der Waals surface area contributed by atoms with Crippen molar-refractivity contribution in [2.24, 2.45) is 0 Å². The second-order valence-electron chi connectivity index (χ2n) is 7.37. The number of nitrogens with zero attached hydrogens (tertiary/aromatic N) is 3. The molecule has 0 bridgehead atoms. The van der Waals surface area contributed by atoms with Crippen molar-refractivity contribution in [3.8, 4) is 16.9 Å². The zero-order chi connectivity index (χ0) is 19.6. The highest BCUT2D eigenvalue weighted by atomic mass is 16.3. The number of benzene rings is 2. The normalized spacial score (nSPS) is 14.1. The van der Waals surface area contributed by atoms with E-state index in [0.29, 0.717) is 12.3 Å². The lowest BCUT2D eigenvalue weighted by atomic mass is 9.87. The molecule has 0 saturated carbocycles. The molecular weight excluding hydrogens is 362 g/mol. The molecular formula is C23H23N5O. The van der Waals surface area contributed by atoms with Gasteiger partial charge in [0.2, 0.25) is 0 Å². The van der Waals surface area contributed by atoms with Gasteiger partial charge in [0.25, 0.3) is 0 Å². The summed E-state index contributed by atoms with van der Waals surface area (Å²) in [6.45, 7) is 0.569. The van der Waals surface area contributed by atoms with Gasteiger partial charge in [-0.3, -0.25) is 0 Å². The third-order valence-electron chi connectivity index (χ3n) is 5.53. The molecule has 0 radical (unpaired) electrons. The van der Waals surface area contributed by atoms with Crippen LogP contribution in [0.2, 0.25) is 0 Å². The number of hydrogen-bond donors (Lipinski definition) is 3. The second kappa shape index (κ2) is 7.47. The van der Waals surface area contributed by atoms with Crippen molar-refractivity contribution in [2.75, 3.05) is 5.43 Å². The number of allylic oxidation sites excluding steroid dienone is 2. The standard InChI is InChI=1S/C23H23N5O/c29-22-11-5-8-18(16-6-2-1-3-7-16)23(22)19-9-4-10-21-20(19)14-27-28(21)26-13-17-12-24-15-25-17/h4-6,8-12,14-15,26,29H,1-3,7,13H2,(H,24,25). The number of aromatic nitrogens is 4. The number of H-pyrrole nitrogens is 1. The molecule has 5 rings (SSSR count). The average molecular weight is 385 g/mol. The van der Waals surface area contributed by atoms with Gasteiger partial charge in [-0.1, -0.05) is 30.3 Å². The summed E-state index contributed by atoms with van der Waals surface area (Å²) < 4.78 is 0. The highest BCUT2D eigenvalue weighted by molar-refractivity contribution is 5.99. The van der Waals surface area contributed by atoms with E-state index in [-0.39, 0.29) is 0 Å². The number of phenolic OH excluding ortho intramolecular Hbond substituents is 1. The lowest BCUT2D eigenvalue weighted by molar-refractivity contribution is 0.477. The van der Waals surface area contributed by atoms with Gasteiger partial charge in [0.05, 0.1) is 30.3 Å². The molecule has 2 heterocycles. The van der Waals surface area contributed by atoms with E-state index in [1.807, 2.05) is 30.6 Å². The van der Waals surface area contributed by atoms with Crippen LogP contribution in [0.1, 0.15) is 36.9 Å². The Balaban J connectivity index is 1.59. The van der Waals surface area contributed by atoms with Gasteiger partial charge < -0.3 is 15.5 Å². The summed E-state index contributed by atoms with van der Waals surface area (Å²) in [6.07, 6.45) is 12.3. The number of aromatic amines is 1. The summed E-state index contributed by atoms with van der Waals surface area (Å²) in [7, 11) is 0. The van der Waals surface area contributed by atoms with Crippen molar-refractivity contribution in [3.63, 3.8) is 0 Å². The highest BCUT2D eigenvalue weighted by Gasteiger charge is 2.18. The number of nitrogens with one attached hydrogen (secondary N) is 2. The van der Waals surface area contributed by atoms with Crippen LogP contribution in [-0.2, 0) is 6.54 Å². The second-order valence-corrected chi connectivity index (χ2v) is 7.37. The molecule has 6 heteroatoms. The van der Waals surface area contributed by atoms with Crippen molar-refractivity contribution in [1.82, 2.24) is 19.9 Å². The molecule has 0 fully saturated rings. The predicted molar refractivity (Wildman–Crippen MR) is 115 cm³/mol. The van der Waals surface area contributed by atoms with E-state index in [9.17, 15) is 5.11 Å². The lowest BCUT2D eigenvalue weighted by Crippen LogP contribution is -2.15. The molecule has 6 nitrogen and oxygen atoms in total. The first-order valence-electron chi connectivity index (χ1n) is 10.0. The summed E-state index contributed by atoms with van der Waals surface area (Å²) >= 11 is 0. The molecule has 0 saturated heterocycles. The molecule has 29 heavy (non-hydrogen) atoms. The molecule has 4 aromatic rings. The van der Waals surface area contributed by atoms with Gasteiger partial charge in [-0.25, -0.2) is 4.98 Å². The fourth-order valence-electron chi connectivity index (χ4n) is 4.11. The first-order chi connectivity index (χ1) is 14.3. The molecule has 1 aliphatic carbocycles. The smallest absolute Gasteiger partial charge is 0.124 e. The Bertz CT molecular complexity index is 1170. The van der Waals surface area contributed by atoms with Crippen LogP contribution in [0.4, 0.5) is 0 Å². The fraction of sp³-hybridized carbons (Fsp3) is 0.217. The Morgan fingerprint density at radius 1 is 1.10 bits per heavy atom. The third kappa shape index (κ3) is 3.27. The van der Waals surface area contributed by atoms with Crippen LogP contribution in [0.25, 0.3) is 27.6 Å². The Hall–Kier alpha value is -3.54. The van der Waals surface area contributed by atoms with Crippen LogP contribution in [0.5, 0.6) is 5.75 Å². The van der Waals surface area contributed by atoms with Crippen LogP contribution >= 0.6 is 0 Å². The van der Waals surface area contributed by atoms with E-state index in [2.05, 4.69) is 38.7 Å². The minimum absolute atomic E-state index is 0.304. The quantitative estimate of drug-likeness (QED) is 0.460. The fourth-order valence-corrected chi connectivity index (χ4v) is 4.11. The SMILES string of the molecule is Oc1cccc(C2=CCCCC2)c1-c1cccc2c1cnn2NCc1c[nH]cn1. The minimum atomic E-state index is 0.304. The molecule has 0 amide bonds. The molecule has 1 aliphatic rings. The van der Waals surface area contributed by atoms with Crippen molar-refractivity contribution >= 4 is 16.5 Å². The van der Waals surface area contributed by atoms with Gasteiger partial charge in [0.15, 0.2) is 0 Å². The molecule has 3 N–H and O–H groups in total. The molecule has 0 aliphatic heterocycles. The van der Waals surface area contributed by atoms with Crippen LogP contribution in [0.15, 0.2) is 61.2 Å². The summed E-state index contributed by atoms with van der Waals surface area (Å²) in [5, 5.41) is 16.3. The van der Waals surface area contributed by atoms with Gasteiger partial charge in [-0.15, -0.1) is 0 Å². The maximum Gasteiger partial charge on any atom is 0.124 e. The van der Waals surface area contributed by atoms with Crippen molar-refractivity contribution in [1.29, 1.82) is 0 Å². The van der Waals surface area contributed by atoms with Crippen LogP contribution in [0, 0.1) is 0 Å². The summed E-state index contributed by atoms with van der Waals surface area (Å²) in [4.78, 5) is 8.97. The first-order valence-corrected chi connectivity index (χ1v) is 10.0. The third-order valence-corrected chi connectivity index (χ3v) is 5.53. The van der Waals surface area contributed by atoms with Crippen LogP contribution < -0.4 is 5.43 Å². The van der Waals surface area contributed by atoms with E-state index < -0.39 is 0 Å². The average Bonchev–Trinajstić information content (AvgIpc) is 3.42. The van der Waals surface area contributed by atoms with E-state index >= 15 is 0 Å². The van der Waals surface area contributed by atoms with Gasteiger partial charge >= 0.3 is 0 Å². The summed E-state index contributed by atoms with van der Waals surface area (Å²) in [5.74, 6) is 0.304. The first kappa shape index (κ1) is 17.6. The Kier molecular flexibility index (Phi) is 4.52. The monoisotopic (exact) mass is 385 g/mol. The highest BCUT2D eigenvalue weighted by Crippen LogP contribution is 2.41. The van der Waals surface area contributed by atoms with Gasteiger partial charge in [0.1, 0.15) is 5.75 Å². The lowest BCUT2D eigenvalue weighted by Gasteiger charge is -2.18. The van der Waals surface area contributed by atoms with Crippen LogP contribution in [0.3, 0.4) is 0 Å².